The summed E-state index contributed by atoms with van der Waals surface area (Å²) in [6.07, 6.45) is 0. The van der Waals surface area contributed by atoms with Gasteiger partial charge < -0.3 is 10.2 Å². The lowest BCUT2D eigenvalue weighted by Crippen LogP contribution is -2.34. The number of nitrogens with one attached hydrogen (secondary N) is 1. The van der Waals surface area contributed by atoms with Gasteiger partial charge in [-0.2, -0.15) is 0 Å². The van der Waals surface area contributed by atoms with Crippen LogP contribution in [0.1, 0.15) is 10.9 Å². The van der Waals surface area contributed by atoms with E-state index in [0.29, 0.717) is 27.3 Å². The summed E-state index contributed by atoms with van der Waals surface area (Å²) in [5, 5.41) is 4.36. The van der Waals surface area contributed by atoms with Crippen LogP contribution in [0.25, 0.3) is 0 Å². The fourth-order valence-electron chi connectivity index (χ4n) is 2.38. The van der Waals surface area contributed by atoms with E-state index in [-0.39, 0.29) is 11.4 Å². The molecule has 7 heteroatoms. The molecule has 0 aromatic heterocycles. The third-order valence-corrected chi connectivity index (χ3v) is 5.82. The molecule has 0 radical (unpaired) electrons. The van der Waals surface area contributed by atoms with Gasteiger partial charge in [0.25, 0.3) is 0 Å². The van der Waals surface area contributed by atoms with E-state index in [1.54, 1.807) is 47.0 Å². The van der Waals surface area contributed by atoms with E-state index in [1.807, 2.05) is 12.1 Å². The van der Waals surface area contributed by atoms with Gasteiger partial charge in [-0.05, 0) is 30.3 Å². The minimum atomic E-state index is -0.168. The number of urea groups is 1. The average molecular weight is 388 g/mol. The number of carbonyl (C=O) groups excluding carboxylic acids is 1. The van der Waals surface area contributed by atoms with Gasteiger partial charge in [-0.3, -0.25) is 0 Å². The summed E-state index contributed by atoms with van der Waals surface area (Å²) >= 11 is 19.9. The topological polar surface area (TPSA) is 32.3 Å². The smallest absolute Gasteiger partial charge is 0.308 e. The highest BCUT2D eigenvalue weighted by Gasteiger charge is 2.32. The molecule has 1 N–H and O–H groups in total. The Balaban J connectivity index is 1.79. The van der Waals surface area contributed by atoms with Crippen LogP contribution in [0.2, 0.25) is 15.1 Å². The highest BCUT2D eigenvalue weighted by molar-refractivity contribution is 7.99. The molecular weight excluding hydrogens is 375 g/mol. The first-order chi connectivity index (χ1) is 11.1. The summed E-state index contributed by atoms with van der Waals surface area (Å²) in [6.45, 7) is 0.650. The van der Waals surface area contributed by atoms with Crippen LogP contribution in [0.3, 0.4) is 0 Å². The van der Waals surface area contributed by atoms with Crippen LogP contribution in [-0.2, 0) is 0 Å². The van der Waals surface area contributed by atoms with E-state index in [4.69, 9.17) is 34.8 Å². The van der Waals surface area contributed by atoms with Crippen molar-refractivity contribution < 1.29 is 4.79 Å². The van der Waals surface area contributed by atoms with Crippen molar-refractivity contribution in [2.75, 3.05) is 17.6 Å². The van der Waals surface area contributed by atoms with Crippen molar-refractivity contribution in [1.82, 2.24) is 4.90 Å². The van der Waals surface area contributed by atoms with Crippen molar-refractivity contribution in [3.8, 4) is 0 Å². The van der Waals surface area contributed by atoms with E-state index >= 15 is 0 Å². The van der Waals surface area contributed by atoms with Crippen molar-refractivity contribution in [2.24, 2.45) is 0 Å². The molecule has 1 aliphatic rings. The molecule has 3 nitrogen and oxygen atoms in total. The Labute approximate surface area is 153 Å². The van der Waals surface area contributed by atoms with E-state index < -0.39 is 0 Å². The van der Waals surface area contributed by atoms with Gasteiger partial charge in [0.2, 0.25) is 0 Å². The van der Waals surface area contributed by atoms with E-state index in [1.165, 1.54) is 0 Å². The number of hydrogen-bond acceptors (Lipinski definition) is 2. The molecule has 0 bridgehead atoms. The van der Waals surface area contributed by atoms with Gasteiger partial charge in [-0.1, -0.05) is 46.9 Å². The standard InChI is InChI=1S/C16H13Cl3N2OS/c17-10-4-6-11(7-5-10)20-16(22)21-8-9-23-15(21)12-2-1-3-13(18)14(12)19/h1-7,15H,8-9H2,(H,20,22)/t15-/m1/s1. The number of anilines is 1. The second-order valence-electron chi connectivity index (χ2n) is 5.00. The fraction of sp³-hybridized carbons (Fsp3) is 0.188. The van der Waals surface area contributed by atoms with Crippen LogP contribution in [0, 0.1) is 0 Å². The van der Waals surface area contributed by atoms with Crippen molar-refractivity contribution in [2.45, 2.75) is 5.37 Å². The molecule has 1 fully saturated rings. The van der Waals surface area contributed by atoms with E-state index in [2.05, 4.69) is 5.32 Å². The lowest BCUT2D eigenvalue weighted by Gasteiger charge is -2.25. The number of amides is 2. The number of hydrogen-bond donors (Lipinski definition) is 1. The first kappa shape index (κ1) is 16.8. The summed E-state index contributed by atoms with van der Waals surface area (Å²) in [6, 6.07) is 12.3. The molecular formula is C16H13Cl3N2OS. The van der Waals surface area contributed by atoms with Crippen LogP contribution in [0.5, 0.6) is 0 Å². The first-order valence-corrected chi connectivity index (χ1v) is 9.13. The molecule has 1 saturated heterocycles. The molecule has 1 aliphatic heterocycles. The van der Waals surface area contributed by atoms with E-state index in [9.17, 15) is 4.79 Å². The number of rotatable bonds is 2. The molecule has 2 aromatic carbocycles. The lowest BCUT2D eigenvalue weighted by atomic mass is 10.2. The molecule has 2 amide bonds. The van der Waals surface area contributed by atoms with Crippen LogP contribution in [0.15, 0.2) is 42.5 Å². The Kier molecular flexibility index (Phi) is 5.27. The summed E-state index contributed by atoms with van der Waals surface area (Å²) in [5.41, 5.74) is 1.56. The number of carbonyl (C=O) groups is 1. The molecule has 120 valence electrons. The highest BCUT2D eigenvalue weighted by atomic mass is 35.5. The number of nitrogens with zero attached hydrogens (tertiary/aromatic N) is 1. The van der Waals surface area contributed by atoms with Crippen LogP contribution < -0.4 is 5.32 Å². The Hall–Kier alpha value is -1.07. The fourth-order valence-corrected chi connectivity index (χ4v) is 4.26. The predicted molar refractivity (Wildman–Crippen MR) is 98.8 cm³/mol. The predicted octanol–water partition coefficient (Wildman–Crippen LogP) is 5.93. The maximum Gasteiger partial charge on any atom is 0.323 e. The van der Waals surface area contributed by atoms with Crippen LogP contribution >= 0.6 is 46.6 Å². The van der Waals surface area contributed by atoms with Gasteiger partial charge in [0.1, 0.15) is 5.37 Å². The van der Waals surface area contributed by atoms with E-state index in [0.717, 1.165) is 11.3 Å². The molecule has 23 heavy (non-hydrogen) atoms. The number of thioether (sulfide) groups is 1. The summed E-state index contributed by atoms with van der Waals surface area (Å²) < 4.78 is 0. The van der Waals surface area contributed by atoms with Gasteiger partial charge in [-0.25, -0.2) is 4.79 Å². The second-order valence-corrected chi connectivity index (χ2v) is 7.41. The lowest BCUT2D eigenvalue weighted by molar-refractivity contribution is 0.214. The zero-order valence-corrected chi connectivity index (χ0v) is 15.0. The molecule has 2 aromatic rings. The minimum Gasteiger partial charge on any atom is -0.308 e. The third-order valence-electron chi connectivity index (χ3n) is 3.49. The number of benzene rings is 2. The Morgan fingerprint density at radius 3 is 2.61 bits per heavy atom. The highest BCUT2D eigenvalue weighted by Crippen LogP contribution is 2.42. The van der Waals surface area contributed by atoms with Crippen molar-refractivity contribution >= 4 is 58.3 Å². The molecule has 1 heterocycles. The number of halogens is 3. The molecule has 0 unspecified atom stereocenters. The normalized spacial score (nSPS) is 17.3. The van der Waals surface area contributed by atoms with Crippen LogP contribution in [0.4, 0.5) is 10.5 Å². The Morgan fingerprint density at radius 1 is 1.13 bits per heavy atom. The maximum absolute atomic E-state index is 12.6. The maximum atomic E-state index is 12.6. The zero-order chi connectivity index (χ0) is 16.4. The third kappa shape index (κ3) is 3.72. The van der Waals surface area contributed by atoms with Gasteiger partial charge in [0.05, 0.1) is 10.0 Å². The molecule has 0 saturated carbocycles. The van der Waals surface area contributed by atoms with Gasteiger partial charge in [0, 0.05) is 28.6 Å². The first-order valence-electron chi connectivity index (χ1n) is 6.95. The molecule has 3 rings (SSSR count). The SMILES string of the molecule is O=C(Nc1ccc(Cl)cc1)N1CCS[C@@H]1c1cccc(Cl)c1Cl. The summed E-state index contributed by atoms with van der Waals surface area (Å²) in [7, 11) is 0. The quantitative estimate of drug-likeness (QED) is 0.693. The molecule has 1 atom stereocenters. The van der Waals surface area contributed by atoms with Gasteiger partial charge >= 0.3 is 6.03 Å². The minimum absolute atomic E-state index is 0.145. The Bertz CT molecular complexity index is 724. The molecule has 0 aliphatic carbocycles. The largest absolute Gasteiger partial charge is 0.323 e. The Morgan fingerprint density at radius 2 is 1.87 bits per heavy atom. The van der Waals surface area contributed by atoms with Gasteiger partial charge in [0.15, 0.2) is 0 Å². The average Bonchev–Trinajstić information content (AvgIpc) is 3.02. The van der Waals surface area contributed by atoms with Crippen molar-refractivity contribution in [3.05, 3.63) is 63.1 Å². The summed E-state index contributed by atoms with van der Waals surface area (Å²) in [4.78, 5) is 14.3. The van der Waals surface area contributed by atoms with Crippen LogP contribution in [-0.4, -0.2) is 23.2 Å². The zero-order valence-electron chi connectivity index (χ0n) is 11.9. The second kappa shape index (κ2) is 7.22. The van der Waals surface area contributed by atoms with Crippen molar-refractivity contribution in [1.29, 1.82) is 0 Å². The van der Waals surface area contributed by atoms with Gasteiger partial charge in [-0.15, -0.1) is 11.8 Å². The molecule has 0 spiro atoms. The van der Waals surface area contributed by atoms with Crippen molar-refractivity contribution in [3.63, 3.8) is 0 Å². The summed E-state index contributed by atoms with van der Waals surface area (Å²) in [5.74, 6) is 0.849. The monoisotopic (exact) mass is 386 g/mol.